The highest BCUT2D eigenvalue weighted by atomic mass is 16.6. The number of hydrogen-bond donors (Lipinski definition) is 1. The first-order valence-corrected chi connectivity index (χ1v) is 5.91. The van der Waals surface area contributed by atoms with Crippen LogP contribution in [0.4, 0.5) is 4.79 Å². The molecule has 0 saturated carbocycles. The van der Waals surface area contributed by atoms with Gasteiger partial charge in [-0.2, -0.15) is 0 Å². The summed E-state index contributed by atoms with van der Waals surface area (Å²) in [4.78, 5) is 35.3. The van der Waals surface area contributed by atoms with Crippen LogP contribution in [0.5, 0.6) is 0 Å². The zero-order valence-corrected chi connectivity index (χ0v) is 10.9. The summed E-state index contributed by atoms with van der Waals surface area (Å²) in [6.07, 6.45) is -0.310. The molecule has 1 aliphatic rings. The van der Waals surface area contributed by atoms with E-state index >= 15 is 0 Å². The number of carbonyl (C=O) groups excluding carboxylic acids is 2. The number of ether oxygens (including phenoxy) is 1. The van der Waals surface area contributed by atoms with Gasteiger partial charge in [-0.05, 0) is 27.2 Å². The lowest BCUT2D eigenvalue weighted by molar-refractivity contribution is -0.141. The smallest absolute Gasteiger partial charge is 0.410 e. The van der Waals surface area contributed by atoms with E-state index in [-0.39, 0.29) is 18.7 Å². The van der Waals surface area contributed by atoms with E-state index in [0.717, 1.165) is 0 Å². The second-order valence-corrected chi connectivity index (χ2v) is 5.45. The van der Waals surface area contributed by atoms with Crippen LogP contribution >= 0.6 is 0 Å². The highest BCUT2D eigenvalue weighted by Crippen LogP contribution is 2.19. The van der Waals surface area contributed by atoms with Crippen molar-refractivity contribution in [3.63, 3.8) is 0 Å². The summed E-state index contributed by atoms with van der Waals surface area (Å²) >= 11 is 0. The van der Waals surface area contributed by atoms with Gasteiger partial charge in [-0.1, -0.05) is 0 Å². The Labute approximate surface area is 106 Å². The molecule has 6 heteroatoms. The number of likely N-dealkylation sites (tertiary alicyclic amines) is 1. The first-order valence-electron chi connectivity index (χ1n) is 5.91. The molecule has 1 rings (SSSR count). The Morgan fingerprint density at radius 2 is 2.06 bits per heavy atom. The van der Waals surface area contributed by atoms with Crippen LogP contribution in [0.15, 0.2) is 0 Å². The maximum absolute atomic E-state index is 11.7. The molecule has 0 aliphatic carbocycles. The van der Waals surface area contributed by atoms with Gasteiger partial charge in [0.05, 0.1) is 13.0 Å². The number of ketones is 1. The predicted molar refractivity (Wildman–Crippen MR) is 63.2 cm³/mol. The van der Waals surface area contributed by atoms with Crippen molar-refractivity contribution in [1.29, 1.82) is 0 Å². The molecule has 0 spiro atoms. The van der Waals surface area contributed by atoms with Gasteiger partial charge in [-0.3, -0.25) is 9.59 Å². The Bertz CT molecular complexity index is 358. The number of aliphatic carboxylic acids is 1. The second-order valence-electron chi connectivity index (χ2n) is 5.45. The molecule has 0 aromatic heterocycles. The van der Waals surface area contributed by atoms with Gasteiger partial charge in [-0.25, -0.2) is 4.79 Å². The Hall–Kier alpha value is -1.59. The zero-order valence-electron chi connectivity index (χ0n) is 10.9. The molecule has 18 heavy (non-hydrogen) atoms. The van der Waals surface area contributed by atoms with Gasteiger partial charge in [0.25, 0.3) is 0 Å². The van der Waals surface area contributed by atoms with E-state index in [2.05, 4.69) is 0 Å². The zero-order chi connectivity index (χ0) is 13.9. The molecular formula is C12H19NO5. The van der Waals surface area contributed by atoms with E-state index in [4.69, 9.17) is 9.84 Å². The molecule has 0 radical (unpaired) electrons. The molecule has 6 nitrogen and oxygen atoms in total. The maximum Gasteiger partial charge on any atom is 0.410 e. The molecule has 1 atom stereocenters. The molecule has 102 valence electrons. The number of piperidine rings is 1. The number of amides is 1. The number of rotatable bonds is 2. The lowest BCUT2D eigenvalue weighted by atomic mass is 9.92. The predicted octanol–water partition coefficient (Wildman–Crippen LogP) is 1.29. The standard InChI is InChI=1S/C12H19NO5/c1-12(2,3)18-11(17)13-5-4-8(6-10(15)16)9(14)7-13/h8H,4-7H2,1-3H3,(H,15,16). The summed E-state index contributed by atoms with van der Waals surface area (Å²) in [5.41, 5.74) is -0.599. The summed E-state index contributed by atoms with van der Waals surface area (Å²) in [6.45, 7) is 5.56. The van der Waals surface area contributed by atoms with Crippen LogP contribution in [0.3, 0.4) is 0 Å². The molecule has 1 saturated heterocycles. The van der Waals surface area contributed by atoms with Crippen molar-refractivity contribution >= 4 is 17.8 Å². The minimum atomic E-state index is -0.987. The fraction of sp³-hybridized carbons (Fsp3) is 0.750. The lowest BCUT2D eigenvalue weighted by Gasteiger charge is -2.32. The average Bonchev–Trinajstić information content (AvgIpc) is 2.17. The van der Waals surface area contributed by atoms with Gasteiger partial charge in [0.1, 0.15) is 5.60 Å². The van der Waals surface area contributed by atoms with Crippen LogP contribution < -0.4 is 0 Å². The highest BCUT2D eigenvalue weighted by Gasteiger charge is 2.32. The Kier molecular flexibility index (Phi) is 4.32. The van der Waals surface area contributed by atoms with Crippen molar-refractivity contribution < 1.29 is 24.2 Å². The molecule has 0 aromatic rings. The maximum atomic E-state index is 11.7. The summed E-state index contributed by atoms with van der Waals surface area (Å²) in [7, 11) is 0. The molecular weight excluding hydrogens is 238 g/mol. The minimum Gasteiger partial charge on any atom is -0.481 e. The summed E-state index contributed by atoms with van der Waals surface area (Å²) in [5, 5.41) is 8.65. The summed E-state index contributed by atoms with van der Waals surface area (Å²) < 4.78 is 5.16. The van der Waals surface area contributed by atoms with E-state index in [1.54, 1.807) is 20.8 Å². The highest BCUT2D eigenvalue weighted by molar-refractivity contribution is 5.89. The minimum absolute atomic E-state index is 0.0626. The van der Waals surface area contributed by atoms with Crippen molar-refractivity contribution in [2.24, 2.45) is 5.92 Å². The molecule has 1 heterocycles. The Morgan fingerprint density at radius 3 is 2.50 bits per heavy atom. The molecule has 0 bridgehead atoms. The van der Waals surface area contributed by atoms with Gasteiger partial charge in [-0.15, -0.1) is 0 Å². The van der Waals surface area contributed by atoms with E-state index in [9.17, 15) is 14.4 Å². The Balaban J connectivity index is 2.53. The third-order valence-corrected chi connectivity index (χ3v) is 2.62. The molecule has 0 aromatic carbocycles. The molecule has 1 amide bonds. The SMILES string of the molecule is CC(C)(C)OC(=O)N1CCC(CC(=O)O)C(=O)C1. The van der Waals surface area contributed by atoms with Gasteiger partial charge >= 0.3 is 12.1 Å². The molecule has 1 N–H and O–H groups in total. The van der Waals surface area contributed by atoms with Crippen molar-refractivity contribution in [2.45, 2.75) is 39.2 Å². The third kappa shape index (κ3) is 4.35. The first-order chi connectivity index (χ1) is 8.19. The topological polar surface area (TPSA) is 83.9 Å². The van der Waals surface area contributed by atoms with Crippen LogP contribution in [-0.2, 0) is 14.3 Å². The van der Waals surface area contributed by atoms with E-state index in [0.29, 0.717) is 13.0 Å². The molecule has 1 unspecified atom stereocenters. The van der Waals surface area contributed by atoms with Gasteiger partial charge in [0, 0.05) is 12.5 Å². The van der Waals surface area contributed by atoms with E-state index in [1.807, 2.05) is 0 Å². The van der Waals surface area contributed by atoms with Crippen molar-refractivity contribution in [3.8, 4) is 0 Å². The number of carbonyl (C=O) groups is 3. The fourth-order valence-electron chi connectivity index (χ4n) is 1.78. The number of carboxylic acids is 1. The van der Waals surface area contributed by atoms with Crippen LogP contribution in [0.1, 0.15) is 33.6 Å². The Morgan fingerprint density at radius 1 is 1.44 bits per heavy atom. The van der Waals surface area contributed by atoms with Crippen LogP contribution in [0.25, 0.3) is 0 Å². The van der Waals surface area contributed by atoms with Crippen LogP contribution in [-0.4, -0.2) is 46.5 Å². The van der Waals surface area contributed by atoms with Crippen molar-refractivity contribution in [1.82, 2.24) is 4.90 Å². The summed E-state index contributed by atoms with van der Waals surface area (Å²) in [5.74, 6) is -1.69. The van der Waals surface area contributed by atoms with E-state index in [1.165, 1.54) is 4.90 Å². The molecule has 1 aliphatic heterocycles. The largest absolute Gasteiger partial charge is 0.481 e. The normalized spacial score (nSPS) is 20.7. The lowest BCUT2D eigenvalue weighted by Crippen LogP contribution is -2.46. The summed E-state index contributed by atoms with van der Waals surface area (Å²) in [6, 6.07) is 0. The van der Waals surface area contributed by atoms with Gasteiger partial charge in [0.15, 0.2) is 5.78 Å². The number of carboxylic acid groups (broad SMARTS) is 1. The van der Waals surface area contributed by atoms with Crippen molar-refractivity contribution in [2.75, 3.05) is 13.1 Å². The van der Waals surface area contributed by atoms with Crippen LogP contribution in [0, 0.1) is 5.92 Å². The van der Waals surface area contributed by atoms with Gasteiger partial charge in [0.2, 0.25) is 0 Å². The number of Topliss-reactive ketones (excluding diaryl/α,β-unsaturated/α-hetero) is 1. The van der Waals surface area contributed by atoms with E-state index < -0.39 is 23.6 Å². The second kappa shape index (κ2) is 5.37. The van der Waals surface area contributed by atoms with Crippen LogP contribution in [0.2, 0.25) is 0 Å². The average molecular weight is 257 g/mol. The number of nitrogens with zero attached hydrogens (tertiary/aromatic N) is 1. The number of hydrogen-bond acceptors (Lipinski definition) is 4. The monoisotopic (exact) mass is 257 g/mol. The third-order valence-electron chi connectivity index (χ3n) is 2.62. The quantitative estimate of drug-likeness (QED) is 0.805. The fourth-order valence-corrected chi connectivity index (χ4v) is 1.78. The molecule has 1 fully saturated rings. The first kappa shape index (κ1) is 14.5. The van der Waals surface area contributed by atoms with Gasteiger partial charge < -0.3 is 14.7 Å². The van der Waals surface area contributed by atoms with Crippen molar-refractivity contribution in [3.05, 3.63) is 0 Å².